The molecule has 2 aromatic carbocycles. The summed E-state index contributed by atoms with van der Waals surface area (Å²) in [5.74, 6) is 1.29. The van der Waals surface area contributed by atoms with E-state index in [0.29, 0.717) is 25.6 Å². The first kappa shape index (κ1) is 22.2. The van der Waals surface area contributed by atoms with Gasteiger partial charge in [0.15, 0.2) is 0 Å². The minimum absolute atomic E-state index is 0.147. The summed E-state index contributed by atoms with van der Waals surface area (Å²) in [4.78, 5) is 14.7. The first-order valence-corrected chi connectivity index (χ1v) is 10.5. The van der Waals surface area contributed by atoms with Crippen molar-refractivity contribution in [1.82, 2.24) is 9.47 Å². The summed E-state index contributed by atoms with van der Waals surface area (Å²) in [7, 11) is 1.67. The van der Waals surface area contributed by atoms with Crippen LogP contribution in [0.1, 0.15) is 36.6 Å². The van der Waals surface area contributed by atoms with E-state index < -0.39 is 0 Å². The van der Waals surface area contributed by atoms with Crippen LogP contribution in [0.2, 0.25) is 0 Å². The third-order valence-corrected chi connectivity index (χ3v) is 5.23. The summed E-state index contributed by atoms with van der Waals surface area (Å²) in [6.07, 6.45) is 3.78. The van der Waals surface area contributed by atoms with Crippen LogP contribution in [0, 0.1) is 0 Å². The van der Waals surface area contributed by atoms with Crippen LogP contribution < -0.4 is 10.1 Å². The highest BCUT2D eigenvalue weighted by Gasteiger charge is 2.15. The molecular formula is C26H31N3O2. The molecule has 0 aliphatic rings. The zero-order chi connectivity index (χ0) is 22.2. The van der Waals surface area contributed by atoms with Gasteiger partial charge in [0, 0.05) is 30.7 Å². The molecule has 2 amide bonds. The third-order valence-electron chi connectivity index (χ3n) is 5.23. The molecule has 0 aliphatic carbocycles. The molecule has 0 bridgehead atoms. The third kappa shape index (κ3) is 6.01. The van der Waals surface area contributed by atoms with E-state index in [1.54, 1.807) is 18.1 Å². The fraction of sp³-hybridized carbons (Fsp3) is 0.269. The monoisotopic (exact) mass is 417 g/mol. The molecule has 31 heavy (non-hydrogen) atoms. The molecule has 1 heterocycles. The standard InChI is InChI=1S/C26H31N3O2/c1-5-15-29(26(30)27-23-13-11-22(12-14-23)20(2)3)19-24-9-7-16-28(24)18-21-8-6-10-25(17-21)31-4/h5-14,16-17,20H,1,15,18-19H2,2-4H3,(H,27,30). The Bertz CT molecular complexity index is 1010. The SMILES string of the molecule is C=CCN(Cc1cccn1Cc1cccc(OC)c1)C(=O)Nc1ccc(C(C)C)cc1. The highest BCUT2D eigenvalue weighted by molar-refractivity contribution is 5.89. The van der Waals surface area contributed by atoms with Gasteiger partial charge >= 0.3 is 6.03 Å². The van der Waals surface area contributed by atoms with Crippen LogP contribution in [0.15, 0.2) is 79.5 Å². The lowest BCUT2D eigenvalue weighted by atomic mass is 10.0. The number of benzene rings is 2. The normalized spacial score (nSPS) is 10.7. The largest absolute Gasteiger partial charge is 0.497 e. The number of hydrogen-bond donors (Lipinski definition) is 1. The van der Waals surface area contributed by atoms with Gasteiger partial charge in [-0.05, 0) is 53.4 Å². The summed E-state index contributed by atoms with van der Waals surface area (Å²) in [5, 5.41) is 3.00. The van der Waals surface area contributed by atoms with Crippen molar-refractivity contribution in [3.63, 3.8) is 0 Å². The van der Waals surface area contributed by atoms with Gasteiger partial charge in [-0.3, -0.25) is 0 Å². The van der Waals surface area contributed by atoms with Crippen LogP contribution in [0.5, 0.6) is 5.75 Å². The Labute approximate surface area is 185 Å². The highest BCUT2D eigenvalue weighted by Crippen LogP contribution is 2.19. The van der Waals surface area contributed by atoms with Crippen LogP contribution in [0.25, 0.3) is 0 Å². The number of carbonyl (C=O) groups is 1. The van der Waals surface area contributed by atoms with Crippen LogP contribution in [0.3, 0.4) is 0 Å². The molecule has 0 aliphatic heterocycles. The molecule has 0 saturated carbocycles. The first-order valence-electron chi connectivity index (χ1n) is 10.5. The summed E-state index contributed by atoms with van der Waals surface area (Å²) >= 11 is 0. The Hall–Kier alpha value is -3.47. The minimum atomic E-state index is -0.147. The molecule has 5 heteroatoms. The molecule has 0 atom stereocenters. The van der Waals surface area contributed by atoms with Gasteiger partial charge in [-0.2, -0.15) is 0 Å². The van der Waals surface area contributed by atoms with Gasteiger partial charge in [0.25, 0.3) is 0 Å². The number of nitrogens with one attached hydrogen (secondary N) is 1. The van der Waals surface area contributed by atoms with Crippen LogP contribution in [-0.4, -0.2) is 29.2 Å². The van der Waals surface area contributed by atoms with Crippen molar-refractivity contribution in [1.29, 1.82) is 0 Å². The maximum Gasteiger partial charge on any atom is 0.322 e. The van der Waals surface area contributed by atoms with Crippen LogP contribution in [0.4, 0.5) is 10.5 Å². The quantitative estimate of drug-likeness (QED) is 0.441. The van der Waals surface area contributed by atoms with Crippen molar-refractivity contribution in [2.75, 3.05) is 19.0 Å². The van der Waals surface area contributed by atoms with Gasteiger partial charge < -0.3 is 19.5 Å². The van der Waals surface area contributed by atoms with E-state index in [0.717, 1.165) is 22.7 Å². The van der Waals surface area contributed by atoms with E-state index in [2.05, 4.69) is 48.5 Å². The highest BCUT2D eigenvalue weighted by atomic mass is 16.5. The number of methoxy groups -OCH3 is 1. The molecule has 0 fully saturated rings. The average Bonchev–Trinajstić information content (AvgIpc) is 3.20. The second-order valence-corrected chi connectivity index (χ2v) is 7.86. The van der Waals surface area contributed by atoms with Crippen molar-refractivity contribution in [3.05, 3.63) is 96.3 Å². The zero-order valence-electron chi connectivity index (χ0n) is 18.5. The fourth-order valence-electron chi connectivity index (χ4n) is 3.44. The number of carbonyl (C=O) groups excluding carboxylic acids is 1. The molecule has 1 aromatic heterocycles. The number of hydrogen-bond acceptors (Lipinski definition) is 2. The Morgan fingerprint density at radius 1 is 1.16 bits per heavy atom. The summed E-state index contributed by atoms with van der Waals surface area (Å²) in [5.41, 5.74) is 4.23. The van der Waals surface area contributed by atoms with E-state index in [1.165, 1.54) is 5.56 Å². The van der Waals surface area contributed by atoms with Gasteiger partial charge in [0.2, 0.25) is 0 Å². The van der Waals surface area contributed by atoms with E-state index in [1.807, 2.05) is 48.7 Å². The van der Waals surface area contributed by atoms with Gasteiger partial charge in [-0.1, -0.05) is 44.2 Å². The lowest BCUT2D eigenvalue weighted by molar-refractivity contribution is 0.214. The van der Waals surface area contributed by atoms with Crippen molar-refractivity contribution in [3.8, 4) is 5.75 Å². The maximum absolute atomic E-state index is 12.9. The van der Waals surface area contributed by atoms with Crippen molar-refractivity contribution < 1.29 is 9.53 Å². The summed E-state index contributed by atoms with van der Waals surface area (Å²) in [6.45, 7) is 9.77. The van der Waals surface area contributed by atoms with E-state index in [9.17, 15) is 4.79 Å². The number of ether oxygens (including phenoxy) is 1. The summed E-state index contributed by atoms with van der Waals surface area (Å²) in [6, 6.07) is 19.9. The topological polar surface area (TPSA) is 46.5 Å². The van der Waals surface area contributed by atoms with Crippen LogP contribution in [-0.2, 0) is 13.1 Å². The maximum atomic E-state index is 12.9. The lowest BCUT2D eigenvalue weighted by Crippen LogP contribution is -2.35. The second kappa shape index (κ2) is 10.5. The Kier molecular flexibility index (Phi) is 7.55. The van der Waals surface area contributed by atoms with Gasteiger partial charge in [-0.25, -0.2) is 4.79 Å². The fourth-order valence-corrected chi connectivity index (χ4v) is 3.44. The Morgan fingerprint density at radius 2 is 1.94 bits per heavy atom. The predicted molar refractivity (Wildman–Crippen MR) is 127 cm³/mol. The predicted octanol–water partition coefficient (Wildman–Crippen LogP) is 5.89. The first-order chi connectivity index (χ1) is 15.0. The average molecular weight is 418 g/mol. The van der Waals surface area contributed by atoms with E-state index in [-0.39, 0.29) is 6.03 Å². The molecule has 0 radical (unpaired) electrons. The van der Waals surface area contributed by atoms with Crippen molar-refractivity contribution in [2.45, 2.75) is 32.9 Å². The molecule has 1 N–H and O–H groups in total. The van der Waals surface area contributed by atoms with Gasteiger partial charge in [-0.15, -0.1) is 6.58 Å². The molecule has 0 spiro atoms. The Balaban J connectivity index is 1.70. The number of urea groups is 1. The molecule has 3 rings (SSSR count). The molecule has 3 aromatic rings. The summed E-state index contributed by atoms with van der Waals surface area (Å²) < 4.78 is 7.48. The van der Waals surface area contributed by atoms with Crippen molar-refractivity contribution >= 4 is 11.7 Å². The zero-order valence-corrected chi connectivity index (χ0v) is 18.5. The van der Waals surface area contributed by atoms with Gasteiger partial charge in [0.1, 0.15) is 5.75 Å². The van der Waals surface area contributed by atoms with Crippen molar-refractivity contribution in [2.24, 2.45) is 0 Å². The Morgan fingerprint density at radius 3 is 2.61 bits per heavy atom. The smallest absolute Gasteiger partial charge is 0.322 e. The number of aromatic nitrogens is 1. The number of nitrogens with zero attached hydrogens (tertiary/aromatic N) is 2. The van der Waals surface area contributed by atoms with E-state index in [4.69, 9.17) is 4.74 Å². The number of rotatable bonds is 9. The number of anilines is 1. The number of amides is 2. The lowest BCUT2D eigenvalue weighted by Gasteiger charge is -2.23. The molecular weight excluding hydrogens is 386 g/mol. The second-order valence-electron chi connectivity index (χ2n) is 7.86. The van der Waals surface area contributed by atoms with Crippen LogP contribution >= 0.6 is 0 Å². The molecule has 162 valence electrons. The molecule has 0 saturated heterocycles. The minimum Gasteiger partial charge on any atom is -0.497 e. The van der Waals surface area contributed by atoms with Gasteiger partial charge in [0.05, 0.1) is 13.7 Å². The van der Waals surface area contributed by atoms with E-state index >= 15 is 0 Å². The molecule has 5 nitrogen and oxygen atoms in total. The molecule has 0 unspecified atom stereocenters.